The number of carbonyl (C=O) groups is 2. The van der Waals surface area contributed by atoms with Crippen molar-refractivity contribution in [3.63, 3.8) is 0 Å². The number of halogens is 2. The van der Waals surface area contributed by atoms with Crippen molar-refractivity contribution < 1.29 is 14.0 Å². The van der Waals surface area contributed by atoms with E-state index in [0.717, 1.165) is 0 Å². The highest BCUT2D eigenvalue weighted by molar-refractivity contribution is 6.30. The van der Waals surface area contributed by atoms with Crippen molar-refractivity contribution in [2.24, 2.45) is 11.8 Å². The lowest BCUT2D eigenvalue weighted by atomic mass is 9.94. The molecule has 4 rings (SSSR count). The maximum Gasteiger partial charge on any atom is 0.255 e. The largest absolute Gasteiger partial charge is 0.326 e. The molecule has 0 spiro atoms. The standard InChI is InChI=1S/C25H24ClFN4O3/c1-28-17-12-19(24(33)29-16-7-5-15(26)6-8-16)20(13-17)25(34)30-22-10-9-18(14-21(22)27)31-11-3-2-4-23(31)32/h2-11,14,17,19-20,28H,12-13H2,1H3,(H,29,33)(H,30,34)/t17?,19-,20-/m0/s1. The molecule has 34 heavy (non-hydrogen) atoms. The fourth-order valence-corrected chi connectivity index (χ4v) is 4.37. The van der Waals surface area contributed by atoms with Crippen molar-refractivity contribution in [3.8, 4) is 5.69 Å². The molecule has 3 N–H and O–H groups in total. The predicted octanol–water partition coefficient (Wildman–Crippen LogP) is 3.82. The molecule has 0 saturated heterocycles. The monoisotopic (exact) mass is 482 g/mol. The van der Waals surface area contributed by atoms with Crippen LogP contribution in [0, 0.1) is 17.7 Å². The Balaban J connectivity index is 1.50. The van der Waals surface area contributed by atoms with Crippen molar-refractivity contribution in [2.75, 3.05) is 17.7 Å². The lowest BCUT2D eigenvalue weighted by molar-refractivity contribution is -0.128. The highest BCUT2D eigenvalue weighted by atomic mass is 35.5. The molecule has 1 aliphatic carbocycles. The van der Waals surface area contributed by atoms with E-state index in [1.807, 2.05) is 0 Å². The van der Waals surface area contributed by atoms with Gasteiger partial charge in [0.2, 0.25) is 11.8 Å². The third-order valence-corrected chi connectivity index (χ3v) is 6.32. The molecule has 3 aromatic rings. The number of rotatable bonds is 6. The minimum Gasteiger partial charge on any atom is -0.326 e. The van der Waals surface area contributed by atoms with E-state index in [-0.39, 0.29) is 23.2 Å². The number of pyridine rings is 1. The van der Waals surface area contributed by atoms with E-state index in [1.165, 1.54) is 29.0 Å². The van der Waals surface area contributed by atoms with E-state index in [9.17, 15) is 18.8 Å². The average molecular weight is 483 g/mol. The third kappa shape index (κ3) is 5.18. The van der Waals surface area contributed by atoms with Crippen LogP contribution in [-0.4, -0.2) is 29.5 Å². The first-order valence-electron chi connectivity index (χ1n) is 10.9. The van der Waals surface area contributed by atoms with Gasteiger partial charge in [-0.15, -0.1) is 0 Å². The van der Waals surface area contributed by atoms with Crippen LogP contribution in [-0.2, 0) is 9.59 Å². The Morgan fingerprint density at radius 1 is 0.971 bits per heavy atom. The second-order valence-corrected chi connectivity index (χ2v) is 8.66. The second-order valence-electron chi connectivity index (χ2n) is 8.23. The summed E-state index contributed by atoms with van der Waals surface area (Å²) in [7, 11) is 1.78. The lowest BCUT2D eigenvalue weighted by Crippen LogP contribution is -2.33. The molecular weight excluding hydrogens is 459 g/mol. The van der Waals surface area contributed by atoms with E-state index < -0.39 is 23.6 Å². The normalized spacial score (nSPS) is 19.6. The molecule has 1 aliphatic rings. The maximum atomic E-state index is 14.8. The number of anilines is 2. The summed E-state index contributed by atoms with van der Waals surface area (Å²) in [6.45, 7) is 0. The molecule has 1 saturated carbocycles. The zero-order valence-corrected chi connectivity index (χ0v) is 19.2. The van der Waals surface area contributed by atoms with Crippen molar-refractivity contribution in [1.82, 2.24) is 9.88 Å². The zero-order valence-electron chi connectivity index (χ0n) is 18.4. The predicted molar refractivity (Wildman–Crippen MR) is 130 cm³/mol. The van der Waals surface area contributed by atoms with E-state index in [1.54, 1.807) is 49.5 Å². The molecular formula is C25H24ClFN4O3. The molecule has 2 amide bonds. The number of aromatic nitrogens is 1. The first-order valence-corrected chi connectivity index (χ1v) is 11.3. The number of nitrogens with zero attached hydrogens (tertiary/aromatic N) is 1. The lowest BCUT2D eigenvalue weighted by Gasteiger charge is -2.19. The molecule has 1 heterocycles. The Hall–Kier alpha value is -3.49. The summed E-state index contributed by atoms with van der Waals surface area (Å²) in [5.74, 6) is -2.61. The summed E-state index contributed by atoms with van der Waals surface area (Å²) in [5.41, 5.74) is 0.622. The van der Waals surface area contributed by atoms with Crippen LogP contribution in [0.3, 0.4) is 0 Å². The van der Waals surface area contributed by atoms with Crippen LogP contribution in [0.15, 0.2) is 71.7 Å². The van der Waals surface area contributed by atoms with Gasteiger partial charge in [-0.25, -0.2) is 4.39 Å². The van der Waals surface area contributed by atoms with Gasteiger partial charge < -0.3 is 16.0 Å². The Morgan fingerprint density at radius 3 is 2.26 bits per heavy atom. The SMILES string of the molecule is CNC1C[C@H](C(=O)Nc2ccc(Cl)cc2)[C@@H](C(=O)Nc2ccc(-n3ccccc3=O)cc2F)C1. The third-order valence-electron chi connectivity index (χ3n) is 6.07. The topological polar surface area (TPSA) is 92.2 Å². The van der Waals surface area contributed by atoms with Crippen molar-refractivity contribution >= 4 is 34.8 Å². The fourth-order valence-electron chi connectivity index (χ4n) is 4.24. The Labute approximate surface area is 200 Å². The number of carbonyl (C=O) groups excluding carboxylic acids is 2. The van der Waals surface area contributed by atoms with Gasteiger partial charge in [-0.3, -0.25) is 19.0 Å². The summed E-state index contributed by atoms with van der Waals surface area (Å²) in [5, 5.41) is 9.13. The Bertz CT molecular complexity index is 1260. The van der Waals surface area contributed by atoms with Crippen LogP contribution in [0.25, 0.3) is 5.69 Å². The summed E-state index contributed by atoms with van der Waals surface area (Å²) in [4.78, 5) is 38.1. The summed E-state index contributed by atoms with van der Waals surface area (Å²) < 4.78 is 16.1. The first-order chi connectivity index (χ1) is 16.4. The summed E-state index contributed by atoms with van der Waals surface area (Å²) in [6, 6.07) is 15.5. The van der Waals surface area contributed by atoms with E-state index in [2.05, 4.69) is 16.0 Å². The van der Waals surface area contributed by atoms with Crippen LogP contribution < -0.4 is 21.5 Å². The summed E-state index contributed by atoms with van der Waals surface area (Å²) in [6.07, 6.45) is 2.46. The fraction of sp³-hybridized carbons (Fsp3) is 0.240. The number of benzene rings is 2. The van der Waals surface area contributed by atoms with Gasteiger partial charge in [0.15, 0.2) is 0 Å². The Morgan fingerprint density at radius 2 is 1.65 bits per heavy atom. The zero-order chi connectivity index (χ0) is 24.2. The van der Waals surface area contributed by atoms with Crippen LogP contribution in [0.2, 0.25) is 5.02 Å². The van der Waals surface area contributed by atoms with Gasteiger partial charge in [0.25, 0.3) is 5.56 Å². The molecule has 0 aliphatic heterocycles. The molecule has 9 heteroatoms. The van der Waals surface area contributed by atoms with Gasteiger partial charge in [0.05, 0.1) is 23.2 Å². The van der Waals surface area contributed by atoms with Crippen LogP contribution in [0.1, 0.15) is 12.8 Å². The van der Waals surface area contributed by atoms with Crippen molar-refractivity contribution in [1.29, 1.82) is 0 Å². The molecule has 1 aromatic heterocycles. The first kappa shape index (κ1) is 23.7. The molecule has 1 unspecified atom stereocenters. The van der Waals surface area contributed by atoms with Gasteiger partial charge in [-0.1, -0.05) is 17.7 Å². The van der Waals surface area contributed by atoms with Gasteiger partial charge in [0, 0.05) is 35.1 Å². The molecule has 0 bridgehead atoms. The molecule has 3 atom stereocenters. The highest BCUT2D eigenvalue weighted by Crippen LogP contribution is 2.34. The minimum atomic E-state index is -0.674. The Kier molecular flexibility index (Phi) is 7.09. The van der Waals surface area contributed by atoms with Gasteiger partial charge in [0.1, 0.15) is 5.82 Å². The van der Waals surface area contributed by atoms with Gasteiger partial charge in [-0.2, -0.15) is 0 Å². The van der Waals surface area contributed by atoms with Crippen LogP contribution >= 0.6 is 11.6 Å². The van der Waals surface area contributed by atoms with Crippen molar-refractivity contribution in [3.05, 3.63) is 88.1 Å². The molecule has 176 valence electrons. The number of hydrogen-bond donors (Lipinski definition) is 3. The molecule has 0 radical (unpaired) electrons. The van der Waals surface area contributed by atoms with E-state index in [0.29, 0.717) is 29.2 Å². The number of nitrogens with one attached hydrogen (secondary N) is 3. The maximum absolute atomic E-state index is 14.8. The number of hydrogen-bond acceptors (Lipinski definition) is 4. The molecule has 2 aromatic carbocycles. The van der Waals surface area contributed by atoms with Gasteiger partial charge in [-0.05, 0) is 62.4 Å². The molecule has 7 nitrogen and oxygen atoms in total. The minimum absolute atomic E-state index is 0.0116. The van der Waals surface area contributed by atoms with Gasteiger partial charge >= 0.3 is 0 Å². The van der Waals surface area contributed by atoms with E-state index in [4.69, 9.17) is 11.6 Å². The smallest absolute Gasteiger partial charge is 0.255 e. The quantitative estimate of drug-likeness (QED) is 0.498. The molecule has 1 fully saturated rings. The summed E-state index contributed by atoms with van der Waals surface area (Å²) >= 11 is 5.90. The van der Waals surface area contributed by atoms with Crippen molar-refractivity contribution in [2.45, 2.75) is 18.9 Å². The van der Waals surface area contributed by atoms with E-state index >= 15 is 0 Å². The van der Waals surface area contributed by atoms with Crippen LogP contribution in [0.4, 0.5) is 15.8 Å². The van der Waals surface area contributed by atoms with Crippen LogP contribution in [0.5, 0.6) is 0 Å². The highest BCUT2D eigenvalue weighted by Gasteiger charge is 2.42. The number of amides is 2. The average Bonchev–Trinajstić information content (AvgIpc) is 3.27. The second kappa shape index (κ2) is 10.2.